The van der Waals surface area contributed by atoms with Crippen LogP contribution in [0.3, 0.4) is 0 Å². The lowest BCUT2D eigenvalue weighted by Gasteiger charge is -2.31. The average molecular weight is 284 g/mol. The number of nitrogens with one attached hydrogen (secondary N) is 1. The van der Waals surface area contributed by atoms with Gasteiger partial charge in [0.1, 0.15) is 5.82 Å². The third-order valence-corrected chi connectivity index (χ3v) is 3.77. The lowest BCUT2D eigenvalue weighted by atomic mass is 10.1. The molecule has 0 spiro atoms. The van der Waals surface area contributed by atoms with Crippen LogP contribution in [-0.4, -0.2) is 35.6 Å². The SMILES string of the molecule is CCN1CCC(Nc2ncccc2Br)CC1. The zero-order chi connectivity index (χ0) is 11.4. The summed E-state index contributed by atoms with van der Waals surface area (Å²) in [5, 5.41) is 3.51. The summed E-state index contributed by atoms with van der Waals surface area (Å²) in [6.45, 7) is 5.78. The Morgan fingerprint density at radius 1 is 1.50 bits per heavy atom. The van der Waals surface area contributed by atoms with Gasteiger partial charge in [0, 0.05) is 25.3 Å². The molecular formula is C12H18BrN3. The Morgan fingerprint density at radius 2 is 2.25 bits per heavy atom. The molecule has 0 radical (unpaired) electrons. The minimum atomic E-state index is 0.564. The quantitative estimate of drug-likeness (QED) is 0.925. The molecule has 0 aromatic carbocycles. The molecule has 1 aromatic rings. The number of anilines is 1. The topological polar surface area (TPSA) is 28.2 Å². The molecule has 0 unspecified atom stereocenters. The standard InChI is InChI=1S/C12H18BrN3/c1-2-16-8-5-10(6-9-16)15-12-11(13)4-3-7-14-12/h3-4,7,10H,2,5-6,8-9H2,1H3,(H,14,15). The van der Waals surface area contributed by atoms with Crippen LogP contribution in [0.1, 0.15) is 19.8 Å². The highest BCUT2D eigenvalue weighted by Gasteiger charge is 2.18. The molecule has 1 aromatic heterocycles. The van der Waals surface area contributed by atoms with Crippen LogP contribution in [0.2, 0.25) is 0 Å². The minimum Gasteiger partial charge on any atom is -0.366 e. The van der Waals surface area contributed by atoms with Crippen molar-refractivity contribution in [2.45, 2.75) is 25.8 Å². The number of aromatic nitrogens is 1. The Balaban J connectivity index is 1.89. The van der Waals surface area contributed by atoms with Gasteiger partial charge in [0.05, 0.1) is 4.47 Å². The van der Waals surface area contributed by atoms with Gasteiger partial charge in [-0.2, -0.15) is 0 Å². The molecule has 1 fully saturated rings. The van der Waals surface area contributed by atoms with E-state index in [1.165, 1.54) is 32.5 Å². The molecule has 16 heavy (non-hydrogen) atoms. The number of pyridine rings is 1. The lowest BCUT2D eigenvalue weighted by Crippen LogP contribution is -2.39. The monoisotopic (exact) mass is 283 g/mol. The van der Waals surface area contributed by atoms with Crippen molar-refractivity contribution in [3.8, 4) is 0 Å². The highest BCUT2D eigenvalue weighted by atomic mass is 79.9. The lowest BCUT2D eigenvalue weighted by molar-refractivity contribution is 0.229. The zero-order valence-corrected chi connectivity index (χ0v) is 11.2. The number of piperidine rings is 1. The molecule has 0 aliphatic carbocycles. The molecule has 88 valence electrons. The molecule has 0 bridgehead atoms. The second-order valence-electron chi connectivity index (χ2n) is 4.19. The predicted molar refractivity (Wildman–Crippen MR) is 70.7 cm³/mol. The van der Waals surface area contributed by atoms with E-state index >= 15 is 0 Å². The van der Waals surface area contributed by atoms with E-state index in [4.69, 9.17) is 0 Å². The maximum absolute atomic E-state index is 4.34. The first-order chi connectivity index (χ1) is 7.79. The first kappa shape index (κ1) is 11.9. The smallest absolute Gasteiger partial charge is 0.140 e. The number of likely N-dealkylation sites (tertiary alicyclic amines) is 1. The number of rotatable bonds is 3. The van der Waals surface area contributed by atoms with Gasteiger partial charge in [0.25, 0.3) is 0 Å². The van der Waals surface area contributed by atoms with Gasteiger partial charge in [0.15, 0.2) is 0 Å². The second-order valence-corrected chi connectivity index (χ2v) is 5.04. The van der Waals surface area contributed by atoms with E-state index in [0.717, 1.165) is 10.3 Å². The predicted octanol–water partition coefficient (Wildman–Crippen LogP) is 2.74. The minimum absolute atomic E-state index is 0.564. The number of hydrogen-bond acceptors (Lipinski definition) is 3. The Kier molecular flexibility index (Phi) is 4.18. The molecule has 0 amide bonds. The number of hydrogen-bond donors (Lipinski definition) is 1. The van der Waals surface area contributed by atoms with E-state index in [1.54, 1.807) is 0 Å². The first-order valence-corrected chi connectivity index (χ1v) is 6.68. The van der Waals surface area contributed by atoms with E-state index in [2.05, 4.69) is 38.1 Å². The van der Waals surface area contributed by atoms with Gasteiger partial charge >= 0.3 is 0 Å². The van der Waals surface area contributed by atoms with Gasteiger partial charge in [-0.15, -0.1) is 0 Å². The summed E-state index contributed by atoms with van der Waals surface area (Å²) in [4.78, 5) is 6.83. The summed E-state index contributed by atoms with van der Waals surface area (Å²) in [5.74, 6) is 0.970. The third-order valence-electron chi connectivity index (χ3n) is 3.13. The van der Waals surface area contributed by atoms with Crippen molar-refractivity contribution in [1.82, 2.24) is 9.88 Å². The van der Waals surface area contributed by atoms with E-state index in [1.807, 2.05) is 18.3 Å². The first-order valence-electron chi connectivity index (χ1n) is 5.89. The molecular weight excluding hydrogens is 266 g/mol. The average Bonchev–Trinajstić information content (AvgIpc) is 2.33. The van der Waals surface area contributed by atoms with E-state index < -0.39 is 0 Å². The van der Waals surface area contributed by atoms with Gasteiger partial charge < -0.3 is 10.2 Å². The molecule has 0 saturated carbocycles. The van der Waals surface area contributed by atoms with Crippen LogP contribution in [-0.2, 0) is 0 Å². The summed E-state index contributed by atoms with van der Waals surface area (Å²) in [6, 6.07) is 4.53. The van der Waals surface area contributed by atoms with Crippen LogP contribution in [0.4, 0.5) is 5.82 Å². The van der Waals surface area contributed by atoms with Crippen molar-refractivity contribution >= 4 is 21.7 Å². The van der Waals surface area contributed by atoms with E-state index in [-0.39, 0.29) is 0 Å². The molecule has 3 nitrogen and oxygen atoms in total. The number of nitrogens with zero attached hydrogens (tertiary/aromatic N) is 2. The molecule has 1 aliphatic rings. The molecule has 1 aliphatic heterocycles. The van der Waals surface area contributed by atoms with Crippen molar-refractivity contribution in [3.05, 3.63) is 22.8 Å². The fraction of sp³-hybridized carbons (Fsp3) is 0.583. The Morgan fingerprint density at radius 3 is 2.88 bits per heavy atom. The third kappa shape index (κ3) is 2.95. The maximum atomic E-state index is 4.34. The largest absolute Gasteiger partial charge is 0.366 e. The van der Waals surface area contributed by atoms with Crippen molar-refractivity contribution in [2.24, 2.45) is 0 Å². The molecule has 2 heterocycles. The Hall–Kier alpha value is -0.610. The molecule has 1 saturated heterocycles. The summed E-state index contributed by atoms with van der Waals surface area (Å²) in [5.41, 5.74) is 0. The van der Waals surface area contributed by atoms with Crippen molar-refractivity contribution < 1.29 is 0 Å². The Labute approximate surface area is 105 Å². The molecule has 2 rings (SSSR count). The summed E-state index contributed by atoms with van der Waals surface area (Å²) in [7, 11) is 0. The van der Waals surface area contributed by atoms with Crippen LogP contribution in [0.25, 0.3) is 0 Å². The molecule has 0 atom stereocenters. The Bertz CT molecular complexity index is 335. The van der Waals surface area contributed by atoms with Crippen LogP contribution < -0.4 is 5.32 Å². The fourth-order valence-electron chi connectivity index (χ4n) is 2.08. The van der Waals surface area contributed by atoms with Crippen LogP contribution in [0, 0.1) is 0 Å². The summed E-state index contributed by atoms with van der Waals surface area (Å²) < 4.78 is 1.05. The van der Waals surface area contributed by atoms with Gasteiger partial charge in [0.2, 0.25) is 0 Å². The van der Waals surface area contributed by atoms with Crippen LogP contribution >= 0.6 is 15.9 Å². The van der Waals surface area contributed by atoms with Gasteiger partial charge in [-0.3, -0.25) is 0 Å². The van der Waals surface area contributed by atoms with Crippen LogP contribution in [0.5, 0.6) is 0 Å². The number of halogens is 1. The normalized spacial score (nSPS) is 18.6. The fourth-order valence-corrected chi connectivity index (χ4v) is 2.45. The van der Waals surface area contributed by atoms with Crippen LogP contribution in [0.15, 0.2) is 22.8 Å². The summed E-state index contributed by atoms with van der Waals surface area (Å²) >= 11 is 3.51. The highest BCUT2D eigenvalue weighted by Crippen LogP contribution is 2.21. The molecule has 1 N–H and O–H groups in total. The van der Waals surface area contributed by atoms with Crippen molar-refractivity contribution in [3.63, 3.8) is 0 Å². The van der Waals surface area contributed by atoms with Gasteiger partial charge in [-0.25, -0.2) is 4.98 Å². The van der Waals surface area contributed by atoms with Crippen molar-refractivity contribution in [1.29, 1.82) is 0 Å². The van der Waals surface area contributed by atoms with E-state index in [9.17, 15) is 0 Å². The van der Waals surface area contributed by atoms with Gasteiger partial charge in [-0.1, -0.05) is 6.92 Å². The van der Waals surface area contributed by atoms with Crippen molar-refractivity contribution in [2.75, 3.05) is 25.0 Å². The second kappa shape index (κ2) is 5.64. The zero-order valence-electron chi connectivity index (χ0n) is 9.62. The summed E-state index contributed by atoms with van der Waals surface area (Å²) in [6.07, 6.45) is 4.24. The van der Waals surface area contributed by atoms with Gasteiger partial charge in [-0.05, 0) is 47.4 Å². The molecule has 4 heteroatoms. The highest BCUT2D eigenvalue weighted by molar-refractivity contribution is 9.10. The van der Waals surface area contributed by atoms with E-state index in [0.29, 0.717) is 6.04 Å². The maximum Gasteiger partial charge on any atom is 0.140 e.